The first kappa shape index (κ1) is 26.9. The fourth-order valence-electron chi connectivity index (χ4n) is 5.80. The zero-order valence-electron chi connectivity index (χ0n) is 23.0. The summed E-state index contributed by atoms with van der Waals surface area (Å²) in [5.74, 6) is -0.865. The van der Waals surface area contributed by atoms with Crippen LogP contribution in [0, 0.1) is 0 Å². The van der Waals surface area contributed by atoms with E-state index in [0.29, 0.717) is 28.1 Å². The standard InChI is InChI=1S/C31H32F3NO4/c1-28(2,3)21-14-17(15-22(26(21)36)29(4,5)6)25-19-10-8-9-11-24(19)39-30(25)20-16-18(38-31(32,33)34)12-13-23(20)35(7)27(30)37/h8-16,25,36H,1-7H3/t25-,30+/m1/s1. The number of benzene rings is 3. The molecule has 5 nitrogen and oxygen atoms in total. The molecule has 1 spiro atoms. The number of halogens is 3. The van der Waals surface area contributed by atoms with Gasteiger partial charge in [-0.15, -0.1) is 13.2 Å². The summed E-state index contributed by atoms with van der Waals surface area (Å²) in [6.45, 7) is 12.0. The molecule has 0 bridgehead atoms. The van der Waals surface area contributed by atoms with Crippen molar-refractivity contribution in [2.45, 2.75) is 70.3 Å². The second kappa shape index (κ2) is 8.41. The van der Waals surface area contributed by atoms with Crippen LogP contribution in [0.2, 0.25) is 0 Å². The van der Waals surface area contributed by atoms with E-state index < -0.39 is 40.4 Å². The number of likely N-dealkylation sites (N-methyl/N-ethyl adjacent to an activating group) is 1. The molecule has 3 aromatic carbocycles. The van der Waals surface area contributed by atoms with Crippen LogP contribution in [0.1, 0.15) is 75.3 Å². The molecule has 0 saturated carbocycles. The molecule has 2 atom stereocenters. The first-order valence-electron chi connectivity index (χ1n) is 12.8. The van der Waals surface area contributed by atoms with Crippen LogP contribution in [0.5, 0.6) is 17.2 Å². The molecule has 39 heavy (non-hydrogen) atoms. The molecule has 8 heteroatoms. The topological polar surface area (TPSA) is 59.0 Å². The van der Waals surface area contributed by atoms with Crippen molar-refractivity contribution in [3.63, 3.8) is 0 Å². The molecule has 3 aromatic rings. The Morgan fingerprint density at radius 2 is 1.51 bits per heavy atom. The highest BCUT2D eigenvalue weighted by Crippen LogP contribution is 2.60. The van der Waals surface area contributed by atoms with E-state index in [9.17, 15) is 23.1 Å². The third-order valence-electron chi connectivity index (χ3n) is 7.57. The summed E-state index contributed by atoms with van der Waals surface area (Å²) in [7, 11) is 1.58. The second-order valence-corrected chi connectivity index (χ2v) is 12.4. The number of nitrogens with zero attached hydrogens (tertiary/aromatic N) is 1. The lowest BCUT2D eigenvalue weighted by Gasteiger charge is -2.33. The fraction of sp³-hybridized carbons (Fsp3) is 0.387. The molecular formula is C31H32F3NO4. The number of fused-ring (bicyclic) bond motifs is 3. The van der Waals surface area contributed by atoms with Crippen molar-refractivity contribution in [1.29, 1.82) is 0 Å². The number of para-hydroxylation sites is 1. The van der Waals surface area contributed by atoms with Crippen molar-refractivity contribution in [3.05, 3.63) is 82.4 Å². The molecule has 5 rings (SSSR count). The molecule has 0 aliphatic carbocycles. The highest BCUT2D eigenvalue weighted by Gasteiger charge is 2.62. The number of rotatable bonds is 2. The predicted octanol–water partition coefficient (Wildman–Crippen LogP) is 7.28. The fourth-order valence-corrected chi connectivity index (χ4v) is 5.80. The molecule has 2 heterocycles. The number of carbonyl (C=O) groups excluding carboxylic acids is 1. The molecule has 0 saturated heterocycles. The molecule has 206 valence electrons. The third kappa shape index (κ3) is 4.21. The molecule has 0 radical (unpaired) electrons. The number of phenols is 1. The largest absolute Gasteiger partial charge is 0.573 e. The van der Waals surface area contributed by atoms with Crippen molar-refractivity contribution < 1.29 is 32.5 Å². The van der Waals surface area contributed by atoms with Crippen LogP contribution < -0.4 is 14.4 Å². The van der Waals surface area contributed by atoms with Crippen LogP contribution in [0.25, 0.3) is 0 Å². The zero-order valence-corrected chi connectivity index (χ0v) is 23.0. The number of amides is 1. The van der Waals surface area contributed by atoms with Gasteiger partial charge in [0.15, 0.2) is 0 Å². The minimum atomic E-state index is -4.89. The van der Waals surface area contributed by atoms with Gasteiger partial charge in [-0.1, -0.05) is 71.9 Å². The molecular weight excluding hydrogens is 507 g/mol. The van der Waals surface area contributed by atoms with Crippen LogP contribution in [-0.2, 0) is 21.2 Å². The Balaban J connectivity index is 1.83. The van der Waals surface area contributed by atoms with Crippen molar-refractivity contribution >= 4 is 11.6 Å². The maximum atomic E-state index is 14.2. The molecule has 2 aliphatic heterocycles. The summed E-state index contributed by atoms with van der Waals surface area (Å²) in [6.07, 6.45) is -4.89. The van der Waals surface area contributed by atoms with Gasteiger partial charge in [0, 0.05) is 18.2 Å². The van der Waals surface area contributed by atoms with Gasteiger partial charge in [0.2, 0.25) is 5.60 Å². The normalized spacial score (nSPS) is 20.7. The third-order valence-corrected chi connectivity index (χ3v) is 7.57. The molecule has 0 aromatic heterocycles. The minimum Gasteiger partial charge on any atom is -0.507 e. The van der Waals surface area contributed by atoms with Crippen LogP contribution in [0.15, 0.2) is 54.6 Å². The number of carbonyl (C=O) groups is 1. The van der Waals surface area contributed by atoms with Gasteiger partial charge in [-0.25, -0.2) is 0 Å². The van der Waals surface area contributed by atoms with E-state index in [1.54, 1.807) is 19.2 Å². The van der Waals surface area contributed by atoms with Gasteiger partial charge >= 0.3 is 6.36 Å². The Bertz CT molecular complexity index is 1450. The highest BCUT2D eigenvalue weighted by molar-refractivity contribution is 6.08. The second-order valence-electron chi connectivity index (χ2n) is 12.4. The van der Waals surface area contributed by atoms with E-state index in [4.69, 9.17) is 4.74 Å². The summed E-state index contributed by atoms with van der Waals surface area (Å²) < 4.78 is 50.3. The molecule has 1 N–H and O–H groups in total. The lowest BCUT2D eigenvalue weighted by atomic mass is 9.71. The number of phenolic OH excluding ortho intramolecular Hbond substituents is 1. The molecule has 0 fully saturated rings. The lowest BCUT2D eigenvalue weighted by Crippen LogP contribution is -2.45. The minimum absolute atomic E-state index is 0.191. The van der Waals surface area contributed by atoms with Crippen LogP contribution >= 0.6 is 0 Å². The van der Waals surface area contributed by atoms with Crippen LogP contribution in [0.4, 0.5) is 18.9 Å². The van der Waals surface area contributed by atoms with Crippen molar-refractivity contribution in [1.82, 2.24) is 0 Å². The summed E-state index contributed by atoms with van der Waals surface area (Å²) in [4.78, 5) is 15.6. The van der Waals surface area contributed by atoms with Gasteiger partial charge in [-0.05, 0) is 51.8 Å². The summed E-state index contributed by atoms with van der Waals surface area (Å²) in [5.41, 5.74) is 1.07. The van der Waals surface area contributed by atoms with Gasteiger partial charge in [0.05, 0.1) is 11.6 Å². The van der Waals surface area contributed by atoms with E-state index in [1.165, 1.54) is 23.1 Å². The summed E-state index contributed by atoms with van der Waals surface area (Å²) in [6, 6.07) is 14.9. The summed E-state index contributed by atoms with van der Waals surface area (Å²) in [5, 5.41) is 11.3. The molecule has 2 aliphatic rings. The van der Waals surface area contributed by atoms with E-state index in [2.05, 4.69) is 4.74 Å². The van der Waals surface area contributed by atoms with E-state index >= 15 is 0 Å². The maximum absolute atomic E-state index is 14.2. The van der Waals surface area contributed by atoms with E-state index in [-0.39, 0.29) is 5.75 Å². The quantitative estimate of drug-likeness (QED) is 0.372. The van der Waals surface area contributed by atoms with Gasteiger partial charge in [-0.2, -0.15) is 0 Å². The van der Waals surface area contributed by atoms with Gasteiger partial charge < -0.3 is 19.5 Å². The first-order chi connectivity index (χ1) is 17.9. The van der Waals surface area contributed by atoms with Gasteiger partial charge in [0.25, 0.3) is 5.91 Å². The smallest absolute Gasteiger partial charge is 0.507 e. The summed E-state index contributed by atoms with van der Waals surface area (Å²) >= 11 is 0. The first-order valence-corrected chi connectivity index (χ1v) is 12.8. The Morgan fingerprint density at radius 1 is 0.923 bits per heavy atom. The zero-order chi connectivity index (χ0) is 28.7. The number of ether oxygens (including phenoxy) is 2. The van der Waals surface area contributed by atoms with Crippen molar-refractivity contribution in [2.24, 2.45) is 0 Å². The predicted molar refractivity (Wildman–Crippen MR) is 143 cm³/mol. The van der Waals surface area contributed by atoms with E-state index in [0.717, 1.165) is 11.1 Å². The average molecular weight is 540 g/mol. The Kier molecular flexibility index (Phi) is 5.80. The highest BCUT2D eigenvalue weighted by atomic mass is 19.4. The number of hydrogen-bond acceptors (Lipinski definition) is 4. The molecule has 0 unspecified atom stereocenters. The Hall–Kier alpha value is -3.68. The number of alkyl halides is 3. The van der Waals surface area contributed by atoms with Gasteiger partial charge in [-0.3, -0.25) is 4.79 Å². The Morgan fingerprint density at radius 3 is 2.08 bits per heavy atom. The van der Waals surface area contributed by atoms with Gasteiger partial charge in [0.1, 0.15) is 17.2 Å². The number of aromatic hydroxyl groups is 1. The van der Waals surface area contributed by atoms with E-state index in [1.807, 2.05) is 65.8 Å². The maximum Gasteiger partial charge on any atom is 0.573 e. The van der Waals surface area contributed by atoms with Crippen molar-refractivity contribution in [2.75, 3.05) is 11.9 Å². The SMILES string of the molecule is CN1C(=O)[C@]2(Oc3ccccc3[C@H]2c2cc(C(C)(C)C)c(O)c(C(C)(C)C)c2)c2cc(OC(F)(F)F)ccc21. The number of hydrogen-bond donors (Lipinski definition) is 1. The lowest BCUT2D eigenvalue weighted by molar-refractivity contribution is -0.274. The Labute approximate surface area is 226 Å². The number of anilines is 1. The van der Waals surface area contributed by atoms with Crippen LogP contribution in [-0.4, -0.2) is 24.4 Å². The molecule has 1 amide bonds. The monoisotopic (exact) mass is 539 g/mol. The van der Waals surface area contributed by atoms with Crippen molar-refractivity contribution in [3.8, 4) is 17.2 Å². The van der Waals surface area contributed by atoms with Crippen LogP contribution in [0.3, 0.4) is 0 Å². The average Bonchev–Trinajstić information content (AvgIpc) is 3.25.